The molecule has 6 nitrogen and oxygen atoms in total. The van der Waals surface area contributed by atoms with E-state index in [0.29, 0.717) is 13.1 Å². The second-order valence-corrected chi connectivity index (χ2v) is 7.35. The van der Waals surface area contributed by atoms with Gasteiger partial charge < -0.3 is 15.0 Å². The quantitative estimate of drug-likeness (QED) is 0.640. The molecule has 1 aliphatic rings. The van der Waals surface area contributed by atoms with E-state index in [9.17, 15) is 13.6 Å². The second-order valence-electron chi connectivity index (χ2n) is 7.35. The van der Waals surface area contributed by atoms with E-state index in [1.165, 1.54) is 6.07 Å². The smallest absolute Gasteiger partial charge is 0.260 e. The summed E-state index contributed by atoms with van der Waals surface area (Å²) < 4.78 is 31.9. The van der Waals surface area contributed by atoms with Crippen LogP contribution in [0.15, 0.2) is 60.9 Å². The van der Waals surface area contributed by atoms with Gasteiger partial charge in [0.1, 0.15) is 11.6 Å². The van der Waals surface area contributed by atoms with Crippen molar-refractivity contribution in [2.45, 2.75) is 18.8 Å². The molecule has 0 bridgehead atoms. The lowest BCUT2D eigenvalue weighted by Crippen LogP contribution is -2.41. The van der Waals surface area contributed by atoms with Crippen molar-refractivity contribution in [2.75, 3.05) is 25.0 Å². The highest BCUT2D eigenvalue weighted by Gasteiger charge is 2.26. The number of halogens is 2. The molecule has 1 aromatic carbocycles. The highest BCUT2D eigenvalue weighted by atomic mass is 19.1. The average molecular weight is 424 g/mol. The van der Waals surface area contributed by atoms with Crippen LogP contribution in [0.2, 0.25) is 0 Å². The van der Waals surface area contributed by atoms with Gasteiger partial charge in [-0.05, 0) is 49.2 Å². The minimum atomic E-state index is -0.826. The maximum atomic E-state index is 13.7. The zero-order chi connectivity index (χ0) is 21.6. The van der Waals surface area contributed by atoms with Crippen molar-refractivity contribution in [2.24, 2.45) is 0 Å². The van der Waals surface area contributed by atoms with Crippen molar-refractivity contribution < 1.29 is 18.3 Å². The normalized spacial score (nSPS) is 16.1. The molecule has 0 radical (unpaired) electrons. The Balaban J connectivity index is 1.33. The topological polar surface area (TPSA) is 67.3 Å². The Labute approximate surface area is 178 Å². The lowest BCUT2D eigenvalue weighted by molar-refractivity contribution is -0.134. The number of nitrogens with one attached hydrogen (secondary N) is 1. The van der Waals surface area contributed by atoms with Crippen molar-refractivity contribution in [3.8, 4) is 5.75 Å². The molecular weight excluding hydrogens is 402 g/mol. The Morgan fingerprint density at radius 3 is 2.81 bits per heavy atom. The van der Waals surface area contributed by atoms with Gasteiger partial charge in [0.25, 0.3) is 5.91 Å². The number of likely N-dealkylation sites (tertiary alicyclic amines) is 1. The van der Waals surface area contributed by atoms with E-state index in [1.807, 2.05) is 30.3 Å². The Hall–Kier alpha value is -3.55. The van der Waals surface area contributed by atoms with Crippen LogP contribution in [0, 0.1) is 11.6 Å². The molecule has 1 atom stereocenters. The van der Waals surface area contributed by atoms with E-state index in [0.717, 1.165) is 42.2 Å². The predicted molar refractivity (Wildman–Crippen MR) is 112 cm³/mol. The molecule has 3 aromatic rings. The number of aromatic nitrogens is 2. The van der Waals surface area contributed by atoms with Gasteiger partial charge in [0, 0.05) is 37.0 Å². The van der Waals surface area contributed by atoms with Crippen LogP contribution in [0.4, 0.5) is 20.3 Å². The van der Waals surface area contributed by atoms with Gasteiger partial charge in [0.15, 0.2) is 18.2 Å². The molecule has 0 unspecified atom stereocenters. The first-order chi connectivity index (χ1) is 15.1. The summed E-state index contributed by atoms with van der Waals surface area (Å²) in [6.45, 7) is 0.841. The number of piperidine rings is 1. The molecule has 3 heterocycles. The molecule has 1 aliphatic heterocycles. The maximum Gasteiger partial charge on any atom is 0.260 e. The van der Waals surface area contributed by atoms with Gasteiger partial charge in [-0.1, -0.05) is 6.07 Å². The summed E-state index contributed by atoms with van der Waals surface area (Å²) in [4.78, 5) is 23.0. The standard InChI is InChI=1S/C23H22F2N4O2/c24-17-6-9-21(19(25)12-17)31-15-23(30)29-11-3-4-16(14-29)20-8-7-18(13-27-20)28-22-5-1-2-10-26-22/h1-2,5-10,12-13,16H,3-4,11,14-15H2,(H,26,28)/t16-/m1/s1. The predicted octanol–water partition coefficient (Wildman–Crippen LogP) is 4.28. The first kappa shape index (κ1) is 20.7. The van der Waals surface area contributed by atoms with Crippen LogP contribution < -0.4 is 10.1 Å². The SMILES string of the molecule is O=C(COc1ccc(F)cc1F)N1CCC[C@@H](c2ccc(Nc3ccccn3)cn2)C1. The van der Waals surface area contributed by atoms with E-state index in [1.54, 1.807) is 17.3 Å². The van der Waals surface area contributed by atoms with Crippen molar-refractivity contribution in [3.63, 3.8) is 0 Å². The van der Waals surface area contributed by atoms with E-state index < -0.39 is 11.6 Å². The van der Waals surface area contributed by atoms with Crippen LogP contribution in [0.3, 0.4) is 0 Å². The molecule has 1 saturated heterocycles. The van der Waals surface area contributed by atoms with Crippen molar-refractivity contribution in [1.29, 1.82) is 0 Å². The summed E-state index contributed by atoms with van der Waals surface area (Å²) in [6.07, 6.45) is 5.24. The molecule has 31 heavy (non-hydrogen) atoms. The lowest BCUT2D eigenvalue weighted by atomic mass is 9.94. The molecule has 1 N–H and O–H groups in total. The second kappa shape index (κ2) is 9.51. The number of pyridine rings is 2. The monoisotopic (exact) mass is 424 g/mol. The van der Waals surface area contributed by atoms with Crippen LogP contribution >= 0.6 is 0 Å². The zero-order valence-electron chi connectivity index (χ0n) is 16.8. The van der Waals surface area contributed by atoms with Crippen molar-refractivity contribution >= 4 is 17.4 Å². The van der Waals surface area contributed by atoms with E-state index in [-0.39, 0.29) is 24.2 Å². The molecule has 4 rings (SSSR count). The minimum Gasteiger partial charge on any atom is -0.481 e. The average Bonchev–Trinajstić information content (AvgIpc) is 2.79. The molecule has 0 aliphatic carbocycles. The summed E-state index contributed by atoms with van der Waals surface area (Å²) in [5.74, 6) is -1.03. The zero-order valence-corrected chi connectivity index (χ0v) is 16.8. The fraction of sp³-hybridized carbons (Fsp3) is 0.261. The molecule has 1 amide bonds. The van der Waals surface area contributed by atoms with Gasteiger partial charge in [-0.15, -0.1) is 0 Å². The largest absolute Gasteiger partial charge is 0.481 e. The highest BCUT2D eigenvalue weighted by Crippen LogP contribution is 2.27. The van der Waals surface area contributed by atoms with Crippen molar-refractivity contribution in [3.05, 3.63) is 78.3 Å². The molecule has 2 aromatic heterocycles. The summed E-state index contributed by atoms with van der Waals surface area (Å²) in [5, 5.41) is 3.19. The van der Waals surface area contributed by atoms with Gasteiger partial charge in [-0.3, -0.25) is 9.78 Å². The minimum absolute atomic E-state index is 0.115. The summed E-state index contributed by atoms with van der Waals surface area (Å²) in [7, 11) is 0. The van der Waals surface area contributed by atoms with E-state index in [4.69, 9.17) is 4.74 Å². The van der Waals surface area contributed by atoms with Crippen LogP contribution in [0.25, 0.3) is 0 Å². The van der Waals surface area contributed by atoms with Crippen LogP contribution in [0.1, 0.15) is 24.5 Å². The van der Waals surface area contributed by atoms with Gasteiger partial charge in [0.2, 0.25) is 0 Å². The number of hydrogen-bond donors (Lipinski definition) is 1. The molecule has 0 spiro atoms. The number of hydrogen-bond acceptors (Lipinski definition) is 5. The van der Waals surface area contributed by atoms with Gasteiger partial charge in [0.05, 0.1) is 11.9 Å². The third-order valence-electron chi connectivity index (χ3n) is 5.16. The molecule has 1 fully saturated rings. The van der Waals surface area contributed by atoms with Gasteiger partial charge >= 0.3 is 0 Å². The fourth-order valence-corrected chi connectivity index (χ4v) is 3.57. The molecular formula is C23H22F2N4O2. The number of anilines is 2. The van der Waals surface area contributed by atoms with Crippen LogP contribution in [-0.4, -0.2) is 40.5 Å². The Kier molecular flexibility index (Phi) is 6.35. The number of ether oxygens (including phenoxy) is 1. The number of carbonyl (C=O) groups excluding carboxylic acids is 1. The van der Waals surface area contributed by atoms with E-state index in [2.05, 4.69) is 15.3 Å². The Morgan fingerprint density at radius 1 is 1.16 bits per heavy atom. The van der Waals surface area contributed by atoms with Gasteiger partial charge in [-0.2, -0.15) is 0 Å². The Bertz CT molecular complexity index is 1030. The number of rotatable bonds is 6. The Morgan fingerprint density at radius 2 is 2.06 bits per heavy atom. The van der Waals surface area contributed by atoms with Gasteiger partial charge in [-0.25, -0.2) is 13.8 Å². The first-order valence-corrected chi connectivity index (χ1v) is 10.1. The summed E-state index contributed by atoms with van der Waals surface area (Å²) in [6, 6.07) is 12.5. The first-order valence-electron chi connectivity index (χ1n) is 10.1. The molecule has 0 saturated carbocycles. The van der Waals surface area contributed by atoms with Crippen LogP contribution in [-0.2, 0) is 4.79 Å². The molecule has 160 valence electrons. The van der Waals surface area contributed by atoms with E-state index >= 15 is 0 Å². The maximum absolute atomic E-state index is 13.7. The summed E-state index contributed by atoms with van der Waals surface area (Å²) in [5.41, 5.74) is 1.75. The lowest BCUT2D eigenvalue weighted by Gasteiger charge is -2.32. The third kappa shape index (κ3) is 5.33. The number of amides is 1. The number of benzene rings is 1. The summed E-state index contributed by atoms with van der Waals surface area (Å²) >= 11 is 0. The number of carbonyl (C=O) groups is 1. The molecule has 8 heteroatoms. The third-order valence-corrected chi connectivity index (χ3v) is 5.16. The fourth-order valence-electron chi connectivity index (χ4n) is 3.57. The van der Waals surface area contributed by atoms with Crippen LogP contribution in [0.5, 0.6) is 5.75 Å². The van der Waals surface area contributed by atoms with Crippen molar-refractivity contribution in [1.82, 2.24) is 14.9 Å². The number of nitrogens with zero attached hydrogens (tertiary/aromatic N) is 3. The highest BCUT2D eigenvalue weighted by molar-refractivity contribution is 5.78.